The van der Waals surface area contributed by atoms with Crippen LogP contribution in [-0.2, 0) is 10.3 Å². The Balaban J connectivity index is 2.35. The van der Waals surface area contributed by atoms with Crippen LogP contribution in [-0.4, -0.2) is 21.9 Å². The summed E-state index contributed by atoms with van der Waals surface area (Å²) in [5.74, 6) is 0.672. The van der Waals surface area contributed by atoms with Gasteiger partial charge >= 0.3 is 0 Å². The zero-order chi connectivity index (χ0) is 14.0. The molecular weight excluding hydrogens is 246 g/mol. The number of aromatic nitrogens is 2. The highest BCUT2D eigenvalue weighted by molar-refractivity contribution is 5.66. The van der Waals surface area contributed by atoms with Gasteiger partial charge in [-0.1, -0.05) is 5.16 Å². The molecule has 0 aliphatic rings. The van der Waals surface area contributed by atoms with Gasteiger partial charge in [-0.15, -0.1) is 0 Å². The minimum absolute atomic E-state index is 0.00409. The minimum Gasteiger partial charge on any atom is -0.507 e. The molecule has 0 amide bonds. The van der Waals surface area contributed by atoms with E-state index in [0.29, 0.717) is 23.7 Å². The van der Waals surface area contributed by atoms with Crippen LogP contribution in [0.25, 0.3) is 11.5 Å². The summed E-state index contributed by atoms with van der Waals surface area (Å²) < 4.78 is 10.7. The van der Waals surface area contributed by atoms with Crippen LogP contribution in [0.1, 0.15) is 26.6 Å². The predicted molar refractivity (Wildman–Crippen MR) is 70.5 cm³/mol. The van der Waals surface area contributed by atoms with E-state index in [0.717, 1.165) is 0 Å². The third kappa shape index (κ3) is 2.68. The van der Waals surface area contributed by atoms with Crippen molar-refractivity contribution in [3.63, 3.8) is 0 Å². The van der Waals surface area contributed by atoms with Crippen molar-refractivity contribution >= 4 is 5.69 Å². The van der Waals surface area contributed by atoms with E-state index in [1.165, 1.54) is 6.07 Å². The molecular formula is C13H17N3O3. The van der Waals surface area contributed by atoms with Gasteiger partial charge in [0, 0.05) is 18.4 Å². The van der Waals surface area contributed by atoms with Gasteiger partial charge in [-0.25, -0.2) is 0 Å². The maximum absolute atomic E-state index is 9.82. The maximum Gasteiger partial charge on any atom is 0.261 e. The summed E-state index contributed by atoms with van der Waals surface area (Å²) in [5, 5.41) is 13.7. The average Bonchev–Trinajstić information content (AvgIpc) is 2.78. The molecule has 0 saturated carbocycles. The van der Waals surface area contributed by atoms with Crippen molar-refractivity contribution in [2.75, 3.05) is 12.3 Å². The fraction of sp³-hybridized carbons (Fsp3) is 0.385. The Morgan fingerprint density at radius 1 is 1.42 bits per heavy atom. The molecule has 0 atom stereocenters. The molecule has 6 heteroatoms. The Morgan fingerprint density at radius 2 is 2.16 bits per heavy atom. The first-order valence-corrected chi connectivity index (χ1v) is 6.01. The van der Waals surface area contributed by atoms with Gasteiger partial charge in [-0.05, 0) is 32.9 Å². The Kier molecular flexibility index (Phi) is 3.44. The Bertz CT molecular complexity index is 578. The van der Waals surface area contributed by atoms with Crippen LogP contribution in [0.15, 0.2) is 22.7 Å². The van der Waals surface area contributed by atoms with Gasteiger partial charge in [0.2, 0.25) is 5.82 Å². The largest absolute Gasteiger partial charge is 0.507 e. The molecule has 19 heavy (non-hydrogen) atoms. The molecule has 1 aromatic heterocycles. The van der Waals surface area contributed by atoms with E-state index in [1.54, 1.807) is 12.1 Å². The molecule has 0 aliphatic heterocycles. The number of hydrogen-bond donors (Lipinski definition) is 2. The fourth-order valence-corrected chi connectivity index (χ4v) is 1.73. The van der Waals surface area contributed by atoms with Gasteiger partial charge in [0.05, 0.1) is 5.56 Å². The summed E-state index contributed by atoms with van der Waals surface area (Å²) in [5.41, 5.74) is 5.85. The number of anilines is 1. The molecule has 2 aromatic rings. The number of rotatable bonds is 4. The topological polar surface area (TPSA) is 94.4 Å². The molecule has 0 bridgehead atoms. The van der Waals surface area contributed by atoms with Crippen LogP contribution in [0.2, 0.25) is 0 Å². The number of benzene rings is 1. The molecule has 0 radical (unpaired) electrons. The summed E-state index contributed by atoms with van der Waals surface area (Å²) in [7, 11) is 0. The zero-order valence-electron chi connectivity index (χ0n) is 11.2. The second kappa shape index (κ2) is 4.89. The van der Waals surface area contributed by atoms with E-state index in [9.17, 15) is 5.11 Å². The van der Waals surface area contributed by atoms with Crippen molar-refractivity contribution in [3.05, 3.63) is 24.0 Å². The van der Waals surface area contributed by atoms with Crippen molar-refractivity contribution in [2.24, 2.45) is 0 Å². The molecule has 102 valence electrons. The lowest BCUT2D eigenvalue weighted by molar-refractivity contribution is -0.0221. The first kappa shape index (κ1) is 13.4. The number of phenols is 1. The SMILES string of the molecule is CCOC(C)(C)c1noc(-c2ccc(N)cc2O)n1. The molecule has 6 nitrogen and oxygen atoms in total. The number of nitrogen functional groups attached to an aromatic ring is 1. The molecule has 1 heterocycles. The molecule has 0 fully saturated rings. The van der Waals surface area contributed by atoms with Gasteiger partial charge < -0.3 is 20.1 Å². The Morgan fingerprint density at radius 3 is 2.79 bits per heavy atom. The molecule has 3 N–H and O–H groups in total. The average molecular weight is 263 g/mol. The van der Waals surface area contributed by atoms with Gasteiger partial charge in [-0.2, -0.15) is 4.98 Å². The van der Waals surface area contributed by atoms with Gasteiger partial charge in [0.1, 0.15) is 11.4 Å². The molecule has 1 aromatic carbocycles. The molecule has 0 aliphatic carbocycles. The fourth-order valence-electron chi connectivity index (χ4n) is 1.73. The van der Waals surface area contributed by atoms with Gasteiger partial charge in [0.25, 0.3) is 5.89 Å². The highest BCUT2D eigenvalue weighted by Crippen LogP contribution is 2.31. The molecule has 0 saturated heterocycles. The maximum atomic E-state index is 9.82. The number of nitrogens with zero attached hydrogens (tertiary/aromatic N) is 2. The highest BCUT2D eigenvalue weighted by atomic mass is 16.5. The predicted octanol–water partition coefficient (Wildman–Crippen LogP) is 2.30. The van der Waals surface area contributed by atoms with E-state index in [4.69, 9.17) is 15.0 Å². The third-order valence-electron chi connectivity index (χ3n) is 2.72. The molecule has 0 unspecified atom stereocenters. The van der Waals surface area contributed by atoms with E-state index in [2.05, 4.69) is 10.1 Å². The van der Waals surface area contributed by atoms with Crippen LogP contribution in [0.5, 0.6) is 5.75 Å². The van der Waals surface area contributed by atoms with E-state index in [-0.39, 0.29) is 11.6 Å². The van der Waals surface area contributed by atoms with Gasteiger partial charge in [0.15, 0.2) is 0 Å². The Hall–Kier alpha value is -2.08. The second-order valence-corrected chi connectivity index (χ2v) is 4.64. The van der Waals surface area contributed by atoms with Crippen LogP contribution in [0, 0.1) is 0 Å². The quantitative estimate of drug-likeness (QED) is 0.822. The van der Waals surface area contributed by atoms with E-state index < -0.39 is 5.60 Å². The standard InChI is InChI=1S/C13H17N3O3/c1-4-18-13(2,3)12-15-11(19-16-12)9-6-5-8(14)7-10(9)17/h5-7,17H,4,14H2,1-3H3. The van der Waals surface area contributed by atoms with Crippen molar-refractivity contribution in [1.82, 2.24) is 10.1 Å². The van der Waals surface area contributed by atoms with E-state index in [1.807, 2.05) is 20.8 Å². The van der Waals surface area contributed by atoms with Crippen molar-refractivity contribution < 1.29 is 14.4 Å². The summed E-state index contributed by atoms with van der Waals surface area (Å²) in [6, 6.07) is 4.73. The normalized spacial score (nSPS) is 11.7. The van der Waals surface area contributed by atoms with Crippen LogP contribution in [0.3, 0.4) is 0 Å². The number of hydrogen-bond acceptors (Lipinski definition) is 6. The molecule has 0 spiro atoms. The number of ether oxygens (including phenoxy) is 1. The van der Waals surface area contributed by atoms with E-state index >= 15 is 0 Å². The zero-order valence-corrected chi connectivity index (χ0v) is 11.2. The monoisotopic (exact) mass is 263 g/mol. The summed E-state index contributed by atoms with van der Waals surface area (Å²) >= 11 is 0. The van der Waals surface area contributed by atoms with Crippen molar-refractivity contribution in [3.8, 4) is 17.2 Å². The van der Waals surface area contributed by atoms with Crippen LogP contribution < -0.4 is 5.73 Å². The van der Waals surface area contributed by atoms with Crippen LogP contribution >= 0.6 is 0 Å². The lowest BCUT2D eigenvalue weighted by Crippen LogP contribution is -2.23. The number of nitrogens with two attached hydrogens (primary N) is 1. The van der Waals surface area contributed by atoms with Gasteiger partial charge in [-0.3, -0.25) is 0 Å². The first-order valence-electron chi connectivity index (χ1n) is 6.01. The number of phenolic OH excluding ortho intramolecular Hbond substituents is 1. The Labute approximate surface area is 111 Å². The smallest absolute Gasteiger partial charge is 0.261 e. The lowest BCUT2D eigenvalue weighted by Gasteiger charge is -2.19. The summed E-state index contributed by atoms with van der Waals surface area (Å²) in [6.45, 7) is 6.15. The molecule has 2 rings (SSSR count). The van der Waals surface area contributed by atoms with Crippen molar-refractivity contribution in [2.45, 2.75) is 26.4 Å². The third-order valence-corrected chi connectivity index (χ3v) is 2.72. The summed E-state index contributed by atoms with van der Waals surface area (Å²) in [4.78, 5) is 4.26. The minimum atomic E-state index is -0.639. The lowest BCUT2D eigenvalue weighted by atomic mass is 10.1. The van der Waals surface area contributed by atoms with Crippen molar-refractivity contribution in [1.29, 1.82) is 0 Å². The summed E-state index contributed by atoms with van der Waals surface area (Å²) in [6.07, 6.45) is 0. The highest BCUT2D eigenvalue weighted by Gasteiger charge is 2.27. The number of aromatic hydroxyl groups is 1. The van der Waals surface area contributed by atoms with Crippen LogP contribution in [0.4, 0.5) is 5.69 Å². The second-order valence-electron chi connectivity index (χ2n) is 4.64. The first-order chi connectivity index (χ1) is 8.94.